The molecular weight excluding hydrogens is 264 g/mol. The summed E-state index contributed by atoms with van der Waals surface area (Å²) in [4.78, 5) is 0. The highest BCUT2D eigenvalue weighted by atomic mass is 32.2. The Balaban J connectivity index is 2.05. The molecule has 20 heavy (non-hydrogen) atoms. The van der Waals surface area contributed by atoms with E-state index in [1.165, 1.54) is 87.9 Å². The second kappa shape index (κ2) is 13.0. The molecule has 0 N–H and O–H groups in total. The minimum atomic E-state index is 0.597. The highest BCUT2D eigenvalue weighted by Crippen LogP contribution is 2.18. The van der Waals surface area contributed by atoms with E-state index in [9.17, 15) is 0 Å². The fraction of sp³-hybridized carbons (Fsp3) is 1.00. The van der Waals surface area contributed by atoms with Crippen molar-refractivity contribution in [3.05, 3.63) is 0 Å². The molecule has 1 rings (SSSR count). The van der Waals surface area contributed by atoms with Gasteiger partial charge in [0.05, 0.1) is 6.10 Å². The molecule has 0 aromatic heterocycles. The average molecular weight is 302 g/mol. The minimum Gasteiger partial charge on any atom is -0.378 e. The molecule has 2 atom stereocenters. The fourth-order valence-corrected chi connectivity index (χ4v) is 5.41. The van der Waals surface area contributed by atoms with Gasteiger partial charge >= 0.3 is 0 Å². The molecule has 0 saturated carbocycles. The standard InChI is InChI=1S/C18H37OS/c1-3-5-6-7-8-11-16-20(15-4-2)17-13-18-12-9-10-14-19-18/h18H,3-17H2,1-2H3/q+1. The summed E-state index contributed by atoms with van der Waals surface area (Å²) in [5.74, 6) is 4.39. The van der Waals surface area contributed by atoms with Crippen LogP contribution < -0.4 is 0 Å². The Bertz CT molecular complexity index is 202. The Hall–Kier alpha value is 0.310. The zero-order valence-electron chi connectivity index (χ0n) is 14.0. The largest absolute Gasteiger partial charge is 0.378 e. The first-order valence-corrected chi connectivity index (χ1v) is 10.9. The van der Waals surface area contributed by atoms with E-state index >= 15 is 0 Å². The summed E-state index contributed by atoms with van der Waals surface area (Å²) in [7, 11) is 0.687. The van der Waals surface area contributed by atoms with Gasteiger partial charge in [0, 0.05) is 13.0 Å². The van der Waals surface area contributed by atoms with E-state index in [2.05, 4.69) is 13.8 Å². The van der Waals surface area contributed by atoms with Crippen LogP contribution in [0.3, 0.4) is 0 Å². The lowest BCUT2D eigenvalue weighted by molar-refractivity contribution is 0.0149. The van der Waals surface area contributed by atoms with Gasteiger partial charge in [-0.3, -0.25) is 0 Å². The third-order valence-corrected chi connectivity index (χ3v) is 6.95. The lowest BCUT2D eigenvalue weighted by Crippen LogP contribution is -2.24. The molecule has 0 aromatic carbocycles. The Morgan fingerprint density at radius 2 is 1.65 bits per heavy atom. The molecule has 1 heterocycles. The van der Waals surface area contributed by atoms with Crippen molar-refractivity contribution < 1.29 is 4.74 Å². The van der Waals surface area contributed by atoms with Crippen LogP contribution in [0.15, 0.2) is 0 Å². The first-order valence-electron chi connectivity index (χ1n) is 9.12. The van der Waals surface area contributed by atoms with Crippen LogP contribution >= 0.6 is 0 Å². The molecule has 120 valence electrons. The molecular formula is C18H37OS+. The quantitative estimate of drug-likeness (QED) is 0.349. The molecule has 1 aliphatic rings. The minimum absolute atomic E-state index is 0.597. The lowest BCUT2D eigenvalue weighted by atomic mass is 10.1. The van der Waals surface area contributed by atoms with E-state index in [1.54, 1.807) is 0 Å². The summed E-state index contributed by atoms with van der Waals surface area (Å²) >= 11 is 0. The van der Waals surface area contributed by atoms with Gasteiger partial charge in [0.2, 0.25) is 0 Å². The van der Waals surface area contributed by atoms with Gasteiger partial charge in [-0.2, -0.15) is 0 Å². The first-order chi connectivity index (χ1) is 9.86. The van der Waals surface area contributed by atoms with E-state index in [-0.39, 0.29) is 0 Å². The van der Waals surface area contributed by atoms with Crippen molar-refractivity contribution in [3.63, 3.8) is 0 Å². The lowest BCUT2D eigenvalue weighted by Gasteiger charge is -2.22. The number of hydrogen-bond acceptors (Lipinski definition) is 1. The smallest absolute Gasteiger partial charge is 0.110 e. The molecule has 2 unspecified atom stereocenters. The van der Waals surface area contributed by atoms with Crippen LogP contribution in [0.25, 0.3) is 0 Å². The molecule has 0 aliphatic carbocycles. The van der Waals surface area contributed by atoms with Gasteiger partial charge in [0.25, 0.3) is 0 Å². The van der Waals surface area contributed by atoms with Crippen LogP contribution in [0.1, 0.15) is 84.5 Å². The van der Waals surface area contributed by atoms with Gasteiger partial charge in [-0.25, -0.2) is 0 Å². The molecule has 0 aromatic rings. The highest BCUT2D eigenvalue weighted by molar-refractivity contribution is 7.96. The van der Waals surface area contributed by atoms with Gasteiger partial charge in [0.1, 0.15) is 17.3 Å². The third-order valence-electron chi connectivity index (χ3n) is 4.28. The molecule has 2 heteroatoms. The van der Waals surface area contributed by atoms with Crippen molar-refractivity contribution >= 4 is 10.9 Å². The Kier molecular flexibility index (Phi) is 11.9. The van der Waals surface area contributed by atoms with E-state index in [1.807, 2.05) is 0 Å². The van der Waals surface area contributed by atoms with E-state index in [0.717, 1.165) is 6.61 Å². The molecule has 1 saturated heterocycles. The zero-order valence-corrected chi connectivity index (χ0v) is 14.8. The Morgan fingerprint density at radius 3 is 2.35 bits per heavy atom. The second-order valence-corrected chi connectivity index (χ2v) is 8.72. The van der Waals surface area contributed by atoms with Crippen molar-refractivity contribution in [2.75, 3.05) is 23.9 Å². The SMILES string of the molecule is CCCCCCCC[S+](CCC)CCC1CCCCO1. The van der Waals surface area contributed by atoms with Crippen LogP contribution in [-0.4, -0.2) is 30.0 Å². The van der Waals surface area contributed by atoms with E-state index < -0.39 is 0 Å². The van der Waals surface area contributed by atoms with Crippen molar-refractivity contribution in [1.29, 1.82) is 0 Å². The third kappa shape index (κ3) is 9.28. The Labute approximate surface area is 130 Å². The van der Waals surface area contributed by atoms with Gasteiger partial charge < -0.3 is 4.74 Å². The van der Waals surface area contributed by atoms with Gasteiger partial charge in [0.15, 0.2) is 0 Å². The number of ether oxygens (including phenoxy) is 1. The number of hydrogen-bond donors (Lipinski definition) is 0. The predicted molar refractivity (Wildman–Crippen MR) is 93.8 cm³/mol. The fourth-order valence-electron chi connectivity index (χ4n) is 3.01. The zero-order chi connectivity index (χ0) is 14.5. The molecule has 0 spiro atoms. The topological polar surface area (TPSA) is 9.23 Å². The van der Waals surface area contributed by atoms with Crippen LogP contribution in [-0.2, 0) is 15.6 Å². The Morgan fingerprint density at radius 1 is 0.850 bits per heavy atom. The normalized spacial score (nSPS) is 21.0. The summed E-state index contributed by atoms with van der Waals surface area (Å²) in [6, 6.07) is 0. The summed E-state index contributed by atoms with van der Waals surface area (Å²) < 4.78 is 5.88. The second-order valence-electron chi connectivity index (χ2n) is 6.27. The highest BCUT2D eigenvalue weighted by Gasteiger charge is 2.21. The summed E-state index contributed by atoms with van der Waals surface area (Å²) in [5.41, 5.74) is 0. The van der Waals surface area contributed by atoms with Crippen molar-refractivity contribution in [3.8, 4) is 0 Å². The van der Waals surface area contributed by atoms with Crippen molar-refractivity contribution in [1.82, 2.24) is 0 Å². The first kappa shape index (κ1) is 18.4. The maximum absolute atomic E-state index is 5.88. The maximum Gasteiger partial charge on any atom is 0.110 e. The van der Waals surface area contributed by atoms with Gasteiger partial charge in [-0.05, 0) is 49.4 Å². The van der Waals surface area contributed by atoms with Crippen LogP contribution in [0.2, 0.25) is 0 Å². The summed E-state index contributed by atoms with van der Waals surface area (Å²) in [6.07, 6.45) is 15.9. The van der Waals surface area contributed by atoms with E-state index in [4.69, 9.17) is 4.74 Å². The molecule has 0 amide bonds. The van der Waals surface area contributed by atoms with Gasteiger partial charge in [-0.15, -0.1) is 0 Å². The van der Waals surface area contributed by atoms with Crippen LogP contribution in [0.4, 0.5) is 0 Å². The van der Waals surface area contributed by atoms with E-state index in [0.29, 0.717) is 17.0 Å². The van der Waals surface area contributed by atoms with Crippen molar-refractivity contribution in [2.24, 2.45) is 0 Å². The van der Waals surface area contributed by atoms with Gasteiger partial charge in [-0.1, -0.05) is 39.5 Å². The number of unbranched alkanes of at least 4 members (excludes halogenated alkanes) is 5. The molecule has 0 bridgehead atoms. The van der Waals surface area contributed by atoms with Crippen molar-refractivity contribution in [2.45, 2.75) is 90.6 Å². The summed E-state index contributed by atoms with van der Waals surface area (Å²) in [5, 5.41) is 0. The predicted octanol–water partition coefficient (Wildman–Crippen LogP) is 5.33. The molecule has 0 radical (unpaired) electrons. The van der Waals surface area contributed by atoms with Crippen LogP contribution in [0.5, 0.6) is 0 Å². The average Bonchev–Trinajstić information content (AvgIpc) is 2.49. The molecule has 1 aliphatic heterocycles. The number of rotatable bonds is 12. The summed E-state index contributed by atoms with van der Waals surface area (Å²) in [6.45, 7) is 5.66. The molecule has 1 nitrogen and oxygen atoms in total. The monoisotopic (exact) mass is 301 g/mol. The molecule has 1 fully saturated rings. The maximum atomic E-state index is 5.88. The van der Waals surface area contributed by atoms with Crippen LogP contribution in [0, 0.1) is 0 Å².